The van der Waals surface area contributed by atoms with E-state index < -0.39 is 17.2 Å². The smallest absolute Gasteiger partial charge is 0.256 e. The first-order valence-electron chi connectivity index (χ1n) is 9.83. The molecule has 0 unspecified atom stereocenters. The van der Waals surface area contributed by atoms with Gasteiger partial charge in [-0.25, -0.2) is 8.78 Å². The maximum atomic E-state index is 13.5. The fourth-order valence-electron chi connectivity index (χ4n) is 3.88. The van der Waals surface area contributed by atoms with E-state index in [1.165, 1.54) is 6.07 Å². The first-order chi connectivity index (χ1) is 14.5. The van der Waals surface area contributed by atoms with E-state index in [2.05, 4.69) is 9.97 Å². The SMILES string of the molecule is NC1(Cc2ccc(F)c(F)c2)CCN(C(=O)c2cccnc2-c2ccncc2)CC1. The molecule has 1 aliphatic rings. The van der Waals surface area contributed by atoms with Crippen LogP contribution in [0.15, 0.2) is 61.1 Å². The van der Waals surface area contributed by atoms with Gasteiger partial charge in [-0.05, 0) is 61.2 Å². The molecule has 2 aromatic heterocycles. The molecule has 1 aliphatic heterocycles. The number of piperidine rings is 1. The van der Waals surface area contributed by atoms with E-state index in [0.717, 1.165) is 11.6 Å². The summed E-state index contributed by atoms with van der Waals surface area (Å²) in [5, 5.41) is 0. The van der Waals surface area contributed by atoms with Gasteiger partial charge in [0.15, 0.2) is 11.6 Å². The standard InChI is InChI=1S/C23H22F2N4O/c24-19-4-3-16(14-20(19)25)15-23(26)7-12-29(13-8-23)22(30)18-2-1-9-28-21(18)17-5-10-27-11-6-17/h1-6,9-11,14H,7-8,12-13,15,26H2. The summed E-state index contributed by atoms with van der Waals surface area (Å²) < 4.78 is 26.7. The molecule has 5 nitrogen and oxygen atoms in total. The van der Waals surface area contributed by atoms with Gasteiger partial charge in [0, 0.05) is 42.8 Å². The lowest BCUT2D eigenvalue weighted by Crippen LogP contribution is -2.53. The van der Waals surface area contributed by atoms with Crippen LogP contribution >= 0.6 is 0 Å². The minimum absolute atomic E-state index is 0.0928. The van der Waals surface area contributed by atoms with E-state index in [-0.39, 0.29) is 5.91 Å². The summed E-state index contributed by atoms with van der Waals surface area (Å²) in [7, 11) is 0. The second-order valence-electron chi connectivity index (χ2n) is 7.72. The van der Waals surface area contributed by atoms with E-state index in [1.54, 1.807) is 41.7 Å². The maximum absolute atomic E-state index is 13.5. The summed E-state index contributed by atoms with van der Waals surface area (Å²) in [6.07, 6.45) is 6.57. The summed E-state index contributed by atoms with van der Waals surface area (Å²) in [6.45, 7) is 0.980. The lowest BCUT2D eigenvalue weighted by Gasteiger charge is -2.39. The topological polar surface area (TPSA) is 72.1 Å². The van der Waals surface area contributed by atoms with Crippen LogP contribution in [0.25, 0.3) is 11.3 Å². The van der Waals surface area contributed by atoms with Crippen LogP contribution in [0.3, 0.4) is 0 Å². The van der Waals surface area contributed by atoms with Gasteiger partial charge in [0.25, 0.3) is 5.91 Å². The van der Waals surface area contributed by atoms with Crippen molar-refractivity contribution in [2.75, 3.05) is 13.1 Å². The highest BCUT2D eigenvalue weighted by atomic mass is 19.2. The highest BCUT2D eigenvalue weighted by Crippen LogP contribution is 2.28. The number of carbonyl (C=O) groups excluding carboxylic acids is 1. The van der Waals surface area contributed by atoms with Crippen LogP contribution in [0.2, 0.25) is 0 Å². The van der Waals surface area contributed by atoms with Gasteiger partial charge in [0.2, 0.25) is 0 Å². The van der Waals surface area contributed by atoms with Gasteiger partial charge in [-0.3, -0.25) is 14.8 Å². The van der Waals surface area contributed by atoms with Crippen molar-refractivity contribution in [3.05, 3.63) is 83.8 Å². The van der Waals surface area contributed by atoms with Gasteiger partial charge in [-0.2, -0.15) is 0 Å². The van der Waals surface area contributed by atoms with Crippen molar-refractivity contribution in [1.82, 2.24) is 14.9 Å². The number of aromatic nitrogens is 2. The number of pyridine rings is 2. The second kappa shape index (κ2) is 8.28. The number of nitrogens with zero attached hydrogens (tertiary/aromatic N) is 3. The number of nitrogens with two attached hydrogens (primary N) is 1. The summed E-state index contributed by atoms with van der Waals surface area (Å²) in [4.78, 5) is 23.4. The Kier molecular flexibility index (Phi) is 5.55. The van der Waals surface area contributed by atoms with E-state index in [4.69, 9.17) is 5.73 Å². The van der Waals surface area contributed by atoms with Crippen LogP contribution in [0.1, 0.15) is 28.8 Å². The van der Waals surface area contributed by atoms with Gasteiger partial charge < -0.3 is 10.6 Å². The van der Waals surface area contributed by atoms with E-state index in [0.29, 0.717) is 49.2 Å². The third-order valence-electron chi connectivity index (χ3n) is 5.58. The molecule has 154 valence electrons. The quantitative estimate of drug-likeness (QED) is 0.716. The number of amides is 1. The zero-order chi connectivity index (χ0) is 21.1. The highest BCUT2D eigenvalue weighted by molar-refractivity contribution is 5.99. The molecule has 30 heavy (non-hydrogen) atoms. The normalized spacial score (nSPS) is 15.8. The number of rotatable bonds is 4. The van der Waals surface area contributed by atoms with Crippen LogP contribution in [0.4, 0.5) is 8.78 Å². The van der Waals surface area contributed by atoms with Gasteiger partial charge in [-0.1, -0.05) is 6.07 Å². The van der Waals surface area contributed by atoms with Gasteiger partial charge in [0.05, 0.1) is 11.3 Å². The molecule has 0 spiro atoms. The molecule has 1 aromatic carbocycles. The van der Waals surface area contributed by atoms with Crippen molar-refractivity contribution in [3.8, 4) is 11.3 Å². The minimum Gasteiger partial charge on any atom is -0.338 e. The molecule has 0 bridgehead atoms. The molecule has 0 radical (unpaired) electrons. The summed E-state index contributed by atoms with van der Waals surface area (Å²) in [5.74, 6) is -1.83. The Bertz CT molecular complexity index is 1050. The molecule has 0 saturated carbocycles. The number of halogens is 2. The number of hydrogen-bond acceptors (Lipinski definition) is 4. The largest absolute Gasteiger partial charge is 0.338 e. The Morgan fingerprint density at radius 2 is 1.77 bits per heavy atom. The Hall–Kier alpha value is -3.19. The van der Waals surface area contributed by atoms with E-state index in [1.807, 2.05) is 12.1 Å². The Labute approximate surface area is 173 Å². The van der Waals surface area contributed by atoms with Crippen LogP contribution < -0.4 is 5.73 Å². The summed E-state index contributed by atoms with van der Waals surface area (Å²) in [5.41, 5.74) is 8.61. The monoisotopic (exact) mass is 408 g/mol. The van der Waals surface area contributed by atoms with Crippen molar-refractivity contribution in [3.63, 3.8) is 0 Å². The average molecular weight is 408 g/mol. The molecule has 1 saturated heterocycles. The molecular formula is C23H22F2N4O. The van der Waals surface area contributed by atoms with Crippen molar-refractivity contribution in [2.45, 2.75) is 24.8 Å². The minimum atomic E-state index is -0.871. The van der Waals surface area contributed by atoms with Gasteiger partial charge in [-0.15, -0.1) is 0 Å². The number of benzene rings is 1. The third kappa shape index (κ3) is 4.21. The van der Waals surface area contributed by atoms with Crippen LogP contribution in [-0.4, -0.2) is 39.4 Å². The molecular weight excluding hydrogens is 386 g/mol. The molecule has 0 aliphatic carbocycles. The molecule has 3 aromatic rings. The molecule has 2 N–H and O–H groups in total. The van der Waals surface area contributed by atoms with Crippen molar-refractivity contribution < 1.29 is 13.6 Å². The highest BCUT2D eigenvalue weighted by Gasteiger charge is 2.33. The Balaban J connectivity index is 1.47. The first-order valence-corrected chi connectivity index (χ1v) is 9.83. The average Bonchev–Trinajstić information content (AvgIpc) is 2.77. The second-order valence-corrected chi connectivity index (χ2v) is 7.72. The number of likely N-dealkylation sites (tertiary alicyclic amines) is 1. The van der Waals surface area contributed by atoms with Crippen molar-refractivity contribution in [2.24, 2.45) is 5.73 Å². The molecule has 0 atom stereocenters. The molecule has 4 rings (SSSR count). The number of hydrogen-bond donors (Lipinski definition) is 1. The lowest BCUT2D eigenvalue weighted by molar-refractivity contribution is 0.0671. The lowest BCUT2D eigenvalue weighted by atomic mass is 9.82. The fraction of sp³-hybridized carbons (Fsp3) is 0.261. The summed E-state index contributed by atoms with van der Waals surface area (Å²) in [6, 6.07) is 11.0. The predicted molar refractivity (Wildman–Crippen MR) is 110 cm³/mol. The molecule has 7 heteroatoms. The number of carbonyl (C=O) groups is 1. The van der Waals surface area contributed by atoms with E-state index >= 15 is 0 Å². The van der Waals surface area contributed by atoms with Crippen molar-refractivity contribution in [1.29, 1.82) is 0 Å². The summed E-state index contributed by atoms with van der Waals surface area (Å²) >= 11 is 0. The maximum Gasteiger partial charge on any atom is 0.256 e. The zero-order valence-electron chi connectivity index (χ0n) is 16.4. The van der Waals surface area contributed by atoms with E-state index in [9.17, 15) is 13.6 Å². The zero-order valence-corrected chi connectivity index (χ0v) is 16.4. The predicted octanol–water partition coefficient (Wildman–Crippen LogP) is 3.60. The Morgan fingerprint density at radius 3 is 2.47 bits per heavy atom. The van der Waals surface area contributed by atoms with Crippen LogP contribution in [0, 0.1) is 11.6 Å². The Morgan fingerprint density at radius 1 is 1.03 bits per heavy atom. The molecule has 3 heterocycles. The van der Waals surface area contributed by atoms with Gasteiger partial charge in [0.1, 0.15) is 0 Å². The van der Waals surface area contributed by atoms with Crippen LogP contribution in [-0.2, 0) is 6.42 Å². The first kappa shape index (κ1) is 20.1. The molecule has 1 amide bonds. The molecule has 1 fully saturated rings. The third-order valence-corrected chi connectivity index (χ3v) is 5.58. The fourth-order valence-corrected chi connectivity index (χ4v) is 3.88. The van der Waals surface area contributed by atoms with Crippen LogP contribution in [0.5, 0.6) is 0 Å². The van der Waals surface area contributed by atoms with Gasteiger partial charge >= 0.3 is 0 Å². The van der Waals surface area contributed by atoms with Crippen molar-refractivity contribution >= 4 is 5.91 Å².